The number of methoxy groups -OCH3 is 1. The van der Waals surface area contributed by atoms with Gasteiger partial charge in [0, 0.05) is 18.4 Å². The van der Waals surface area contributed by atoms with Crippen LogP contribution < -0.4 is 9.46 Å². The van der Waals surface area contributed by atoms with Crippen LogP contribution >= 0.6 is 0 Å². The van der Waals surface area contributed by atoms with E-state index in [0.29, 0.717) is 6.54 Å². The summed E-state index contributed by atoms with van der Waals surface area (Å²) in [7, 11) is -2.48. The number of nitrogens with one attached hydrogen (secondary N) is 1. The van der Waals surface area contributed by atoms with Crippen LogP contribution in [0.25, 0.3) is 0 Å². The van der Waals surface area contributed by atoms with E-state index in [2.05, 4.69) is 9.82 Å². The zero-order valence-corrected chi connectivity index (χ0v) is 12.5. The zero-order valence-electron chi connectivity index (χ0n) is 11.7. The minimum atomic E-state index is -3.80. The molecule has 6 nitrogen and oxygen atoms in total. The van der Waals surface area contributed by atoms with E-state index in [9.17, 15) is 12.8 Å². The van der Waals surface area contributed by atoms with Gasteiger partial charge in [0.1, 0.15) is 0 Å². The molecule has 0 aliphatic heterocycles. The number of hydrogen-bond acceptors (Lipinski definition) is 4. The lowest BCUT2D eigenvalue weighted by molar-refractivity contribution is 0.385. The molecule has 1 aromatic heterocycles. The van der Waals surface area contributed by atoms with Crippen molar-refractivity contribution < 1.29 is 17.5 Å². The highest BCUT2D eigenvalue weighted by Crippen LogP contribution is 2.20. The van der Waals surface area contributed by atoms with Gasteiger partial charge in [-0.15, -0.1) is 0 Å². The van der Waals surface area contributed by atoms with E-state index < -0.39 is 15.8 Å². The molecule has 0 amide bonds. The van der Waals surface area contributed by atoms with Gasteiger partial charge in [0.2, 0.25) is 10.0 Å². The lowest BCUT2D eigenvalue weighted by atomic mass is 10.3. The Bertz CT molecular complexity index is 701. The van der Waals surface area contributed by atoms with Crippen LogP contribution in [-0.4, -0.2) is 31.3 Å². The predicted octanol–water partition coefficient (Wildman–Crippen LogP) is 1.40. The van der Waals surface area contributed by atoms with E-state index in [-0.39, 0.29) is 16.7 Å². The van der Waals surface area contributed by atoms with E-state index in [0.717, 1.165) is 6.07 Å². The smallest absolute Gasteiger partial charge is 0.240 e. The van der Waals surface area contributed by atoms with Crippen molar-refractivity contribution in [1.29, 1.82) is 0 Å². The molecule has 114 valence electrons. The van der Waals surface area contributed by atoms with Crippen LogP contribution in [0.15, 0.2) is 41.6 Å². The lowest BCUT2D eigenvalue weighted by Crippen LogP contribution is -2.35. The maximum Gasteiger partial charge on any atom is 0.240 e. The Morgan fingerprint density at radius 2 is 2.24 bits per heavy atom. The van der Waals surface area contributed by atoms with Crippen LogP contribution in [0, 0.1) is 5.82 Å². The van der Waals surface area contributed by atoms with Crippen molar-refractivity contribution >= 4 is 10.0 Å². The summed E-state index contributed by atoms with van der Waals surface area (Å²) in [5.41, 5.74) is 0. The first-order valence-corrected chi connectivity index (χ1v) is 7.74. The third-order valence-corrected chi connectivity index (χ3v) is 4.40. The average molecular weight is 313 g/mol. The van der Waals surface area contributed by atoms with Crippen molar-refractivity contribution in [3.63, 3.8) is 0 Å². The zero-order chi connectivity index (χ0) is 15.5. The minimum Gasteiger partial charge on any atom is -0.494 e. The molecule has 1 heterocycles. The van der Waals surface area contributed by atoms with Crippen LogP contribution in [0.2, 0.25) is 0 Å². The highest BCUT2D eigenvalue weighted by atomic mass is 32.2. The van der Waals surface area contributed by atoms with Gasteiger partial charge in [0.05, 0.1) is 18.6 Å². The molecule has 1 atom stereocenters. The summed E-state index contributed by atoms with van der Waals surface area (Å²) >= 11 is 0. The van der Waals surface area contributed by atoms with Crippen molar-refractivity contribution in [3.05, 3.63) is 42.5 Å². The molecule has 1 aromatic carbocycles. The molecule has 2 rings (SSSR count). The van der Waals surface area contributed by atoms with Gasteiger partial charge >= 0.3 is 0 Å². The van der Waals surface area contributed by atoms with Gasteiger partial charge in [0.15, 0.2) is 11.6 Å². The molecule has 1 N–H and O–H groups in total. The fraction of sp³-hybridized carbons (Fsp3) is 0.308. The van der Waals surface area contributed by atoms with Crippen LogP contribution in [0.3, 0.4) is 0 Å². The standard InChI is InChI=1S/C13H16FN3O3S/c1-10(9-17-7-3-6-15-17)16-21(18,19)11-4-5-13(20-2)12(14)8-11/h3-8,10,16H,9H2,1-2H3/t10-/m0/s1. The first-order valence-electron chi connectivity index (χ1n) is 6.25. The third-order valence-electron chi connectivity index (χ3n) is 2.81. The Hall–Kier alpha value is -1.93. The highest BCUT2D eigenvalue weighted by molar-refractivity contribution is 7.89. The highest BCUT2D eigenvalue weighted by Gasteiger charge is 2.19. The maximum atomic E-state index is 13.6. The van der Waals surface area contributed by atoms with Gasteiger partial charge in [-0.05, 0) is 31.2 Å². The SMILES string of the molecule is COc1ccc(S(=O)(=O)N[C@@H](C)Cn2cccn2)cc1F. The summed E-state index contributed by atoms with van der Waals surface area (Å²) in [6, 6.07) is 4.87. The van der Waals surface area contributed by atoms with E-state index in [4.69, 9.17) is 4.74 Å². The minimum absolute atomic E-state index is 0.00135. The van der Waals surface area contributed by atoms with Gasteiger partial charge in [-0.1, -0.05) is 0 Å². The number of halogens is 1. The molecule has 0 unspecified atom stereocenters. The number of aromatic nitrogens is 2. The summed E-state index contributed by atoms with van der Waals surface area (Å²) < 4.78 is 46.8. The van der Waals surface area contributed by atoms with E-state index in [1.54, 1.807) is 30.1 Å². The Morgan fingerprint density at radius 1 is 1.48 bits per heavy atom. The summed E-state index contributed by atoms with van der Waals surface area (Å²) in [5, 5.41) is 4.00. The summed E-state index contributed by atoms with van der Waals surface area (Å²) in [5.74, 6) is -0.723. The van der Waals surface area contributed by atoms with Gasteiger partial charge in [-0.3, -0.25) is 4.68 Å². The van der Waals surface area contributed by atoms with Crippen molar-refractivity contribution in [2.45, 2.75) is 24.4 Å². The quantitative estimate of drug-likeness (QED) is 0.875. The number of rotatable bonds is 6. The van der Waals surface area contributed by atoms with Gasteiger partial charge in [-0.2, -0.15) is 5.10 Å². The van der Waals surface area contributed by atoms with Crippen molar-refractivity contribution in [2.75, 3.05) is 7.11 Å². The Labute approximate surface area is 122 Å². The number of ether oxygens (including phenoxy) is 1. The van der Waals surface area contributed by atoms with Crippen LogP contribution in [-0.2, 0) is 16.6 Å². The summed E-state index contributed by atoms with van der Waals surface area (Å²) in [4.78, 5) is -0.145. The van der Waals surface area contributed by atoms with Crippen molar-refractivity contribution in [1.82, 2.24) is 14.5 Å². The van der Waals surface area contributed by atoms with Crippen molar-refractivity contribution in [3.8, 4) is 5.75 Å². The average Bonchev–Trinajstić information content (AvgIpc) is 2.90. The molecule has 0 radical (unpaired) electrons. The summed E-state index contributed by atoms with van der Waals surface area (Å²) in [6.07, 6.45) is 3.35. The van der Waals surface area contributed by atoms with E-state index in [1.807, 2.05) is 0 Å². The van der Waals surface area contributed by atoms with Crippen LogP contribution in [0.1, 0.15) is 6.92 Å². The largest absolute Gasteiger partial charge is 0.494 e. The predicted molar refractivity (Wildman–Crippen MR) is 75.0 cm³/mol. The second kappa shape index (κ2) is 6.23. The monoisotopic (exact) mass is 313 g/mol. The van der Waals surface area contributed by atoms with Gasteiger partial charge in [-0.25, -0.2) is 17.5 Å². The molecule has 2 aromatic rings. The second-order valence-electron chi connectivity index (χ2n) is 4.55. The molecule has 21 heavy (non-hydrogen) atoms. The van der Waals surface area contributed by atoms with Gasteiger partial charge in [0.25, 0.3) is 0 Å². The second-order valence-corrected chi connectivity index (χ2v) is 6.26. The Morgan fingerprint density at radius 3 is 2.81 bits per heavy atom. The fourth-order valence-electron chi connectivity index (χ4n) is 1.87. The van der Waals surface area contributed by atoms with E-state index in [1.165, 1.54) is 19.2 Å². The maximum absolute atomic E-state index is 13.6. The fourth-order valence-corrected chi connectivity index (χ4v) is 3.12. The normalized spacial score (nSPS) is 13.1. The topological polar surface area (TPSA) is 73.2 Å². The van der Waals surface area contributed by atoms with Crippen LogP contribution in [0.4, 0.5) is 4.39 Å². The Balaban J connectivity index is 2.12. The molecule has 0 fully saturated rings. The number of sulfonamides is 1. The Kier molecular flexibility index (Phi) is 4.59. The molecular weight excluding hydrogens is 297 g/mol. The molecule has 0 saturated carbocycles. The first kappa shape index (κ1) is 15.5. The molecule has 0 bridgehead atoms. The molecule has 0 aliphatic carbocycles. The first-order chi connectivity index (χ1) is 9.92. The molecule has 0 spiro atoms. The molecular formula is C13H16FN3O3S. The third kappa shape index (κ3) is 3.79. The van der Waals surface area contributed by atoms with E-state index >= 15 is 0 Å². The molecule has 0 aliphatic rings. The number of nitrogens with zero attached hydrogens (tertiary/aromatic N) is 2. The van der Waals surface area contributed by atoms with Crippen LogP contribution in [0.5, 0.6) is 5.75 Å². The molecule has 0 saturated heterocycles. The molecule has 8 heteroatoms. The lowest BCUT2D eigenvalue weighted by Gasteiger charge is -2.14. The van der Waals surface area contributed by atoms with Crippen molar-refractivity contribution in [2.24, 2.45) is 0 Å². The summed E-state index contributed by atoms with van der Waals surface area (Å²) in [6.45, 7) is 2.09. The van der Waals surface area contributed by atoms with Gasteiger partial charge < -0.3 is 4.74 Å². The number of hydrogen-bond donors (Lipinski definition) is 1. The number of benzene rings is 1.